The van der Waals surface area contributed by atoms with Gasteiger partial charge in [-0.05, 0) is 71.1 Å². The van der Waals surface area contributed by atoms with Crippen molar-refractivity contribution in [1.82, 2.24) is 14.8 Å². The molecule has 0 unspecified atom stereocenters. The van der Waals surface area contributed by atoms with Crippen molar-refractivity contribution in [3.05, 3.63) is 60.2 Å². The number of hydrazone groups is 1. The number of benzene rings is 1. The van der Waals surface area contributed by atoms with Crippen LogP contribution in [-0.2, 0) is 4.79 Å². The van der Waals surface area contributed by atoms with Crippen molar-refractivity contribution in [1.29, 1.82) is 0 Å². The highest BCUT2D eigenvalue weighted by atomic mass is 16.3. The average molecular weight is 449 g/mol. The van der Waals surface area contributed by atoms with E-state index in [4.69, 9.17) is 13.9 Å². The first-order valence-corrected chi connectivity index (χ1v) is 11.9. The molecule has 1 amide bonds. The Kier molecular flexibility index (Phi) is 6.08. The fraction of sp³-hybridized carbons (Fsp3) is 0.462. The molecule has 5 rings (SSSR count). The summed E-state index contributed by atoms with van der Waals surface area (Å²) in [6.07, 6.45) is 4.37. The van der Waals surface area contributed by atoms with Crippen LogP contribution in [0.1, 0.15) is 50.7 Å². The molecule has 1 aromatic carbocycles. The summed E-state index contributed by atoms with van der Waals surface area (Å²) < 4.78 is 11.7. The highest BCUT2D eigenvalue weighted by Gasteiger charge is 2.37. The molecule has 4 heterocycles. The number of fused-ring (bicyclic) bond motifs is 1. The highest BCUT2D eigenvalue weighted by molar-refractivity contribution is 6.03. The second-order valence-corrected chi connectivity index (χ2v) is 9.44. The Labute approximate surface area is 194 Å². The molecule has 1 fully saturated rings. The van der Waals surface area contributed by atoms with Gasteiger partial charge in [-0.25, -0.2) is 5.01 Å². The van der Waals surface area contributed by atoms with E-state index in [9.17, 15) is 4.79 Å². The van der Waals surface area contributed by atoms with Crippen LogP contribution >= 0.6 is 0 Å². The third kappa shape index (κ3) is 4.48. The number of nitrogens with zero attached hydrogens (tertiary/aromatic N) is 4. The van der Waals surface area contributed by atoms with E-state index in [1.807, 2.05) is 42.5 Å². The van der Waals surface area contributed by atoms with Crippen molar-refractivity contribution in [2.45, 2.75) is 51.2 Å². The molecule has 3 aromatic rings. The third-order valence-electron chi connectivity index (χ3n) is 6.98. The minimum Gasteiger partial charge on any atom is -0.467 e. The van der Waals surface area contributed by atoms with Gasteiger partial charge in [0.05, 0.1) is 12.8 Å². The Morgan fingerprint density at radius 1 is 1.18 bits per heavy atom. The molecule has 174 valence electrons. The lowest BCUT2D eigenvalue weighted by molar-refractivity contribution is -0.135. The van der Waals surface area contributed by atoms with Gasteiger partial charge in [0.1, 0.15) is 23.1 Å². The van der Waals surface area contributed by atoms with E-state index in [2.05, 4.69) is 30.7 Å². The van der Waals surface area contributed by atoms with Gasteiger partial charge < -0.3 is 13.7 Å². The molecule has 1 atom stereocenters. The molecule has 2 aromatic heterocycles. The van der Waals surface area contributed by atoms with Crippen molar-refractivity contribution in [3.63, 3.8) is 0 Å². The lowest BCUT2D eigenvalue weighted by atomic mass is 10.0. The van der Waals surface area contributed by atoms with Gasteiger partial charge in [-0.1, -0.05) is 18.2 Å². The van der Waals surface area contributed by atoms with Crippen LogP contribution in [0, 0.1) is 0 Å². The van der Waals surface area contributed by atoms with Gasteiger partial charge in [0.2, 0.25) is 0 Å². The van der Waals surface area contributed by atoms with Crippen molar-refractivity contribution >= 4 is 22.6 Å². The summed E-state index contributed by atoms with van der Waals surface area (Å²) in [5, 5.41) is 7.36. The van der Waals surface area contributed by atoms with Crippen LogP contribution in [-0.4, -0.2) is 65.2 Å². The maximum absolute atomic E-state index is 13.4. The number of piperidine rings is 1. The summed E-state index contributed by atoms with van der Waals surface area (Å²) in [5.74, 6) is 1.43. The van der Waals surface area contributed by atoms with Crippen molar-refractivity contribution < 1.29 is 13.6 Å². The standard InChI is InChI=1S/C26H32N4O3/c1-18(2)29-12-10-20(11-13-29)28(3)17-26(31)30-22(24-9-6-14-32-24)16-21(27-30)25-15-19-7-4-5-8-23(19)33-25/h4-9,14-15,18,20,22H,10-13,16-17H2,1-3H3/t22-/m0/s1. The first-order valence-electron chi connectivity index (χ1n) is 11.9. The molecular weight excluding hydrogens is 416 g/mol. The van der Waals surface area contributed by atoms with E-state index in [-0.39, 0.29) is 11.9 Å². The minimum atomic E-state index is -0.257. The minimum absolute atomic E-state index is 0.0173. The lowest BCUT2D eigenvalue weighted by Gasteiger charge is -2.38. The second kappa shape index (κ2) is 9.15. The van der Waals surface area contributed by atoms with E-state index in [0.29, 0.717) is 30.8 Å². The van der Waals surface area contributed by atoms with Crippen LogP contribution in [0.2, 0.25) is 0 Å². The second-order valence-electron chi connectivity index (χ2n) is 9.44. The molecule has 2 aliphatic rings. The lowest BCUT2D eigenvalue weighted by Crippen LogP contribution is -2.48. The number of furan rings is 2. The molecule has 0 N–H and O–H groups in total. The fourth-order valence-corrected chi connectivity index (χ4v) is 4.97. The van der Waals surface area contributed by atoms with Crippen LogP contribution < -0.4 is 0 Å². The van der Waals surface area contributed by atoms with Gasteiger partial charge in [0, 0.05) is 23.9 Å². The molecule has 33 heavy (non-hydrogen) atoms. The summed E-state index contributed by atoms with van der Waals surface area (Å²) in [6, 6.07) is 14.4. The van der Waals surface area contributed by atoms with Gasteiger partial charge in [-0.2, -0.15) is 5.10 Å². The van der Waals surface area contributed by atoms with Gasteiger partial charge in [-0.15, -0.1) is 0 Å². The van der Waals surface area contributed by atoms with Crippen molar-refractivity contribution in [3.8, 4) is 0 Å². The van der Waals surface area contributed by atoms with Gasteiger partial charge in [0.15, 0.2) is 5.76 Å². The van der Waals surface area contributed by atoms with Gasteiger partial charge in [0.25, 0.3) is 5.91 Å². The average Bonchev–Trinajstić information content (AvgIpc) is 3.57. The smallest absolute Gasteiger partial charge is 0.257 e. The first kappa shape index (κ1) is 21.9. The number of carbonyl (C=O) groups excluding carboxylic acids is 1. The quantitative estimate of drug-likeness (QED) is 0.555. The first-order chi connectivity index (χ1) is 16.0. The zero-order chi connectivity index (χ0) is 22.9. The topological polar surface area (TPSA) is 65.4 Å². The van der Waals surface area contributed by atoms with Crippen molar-refractivity contribution in [2.75, 3.05) is 26.7 Å². The number of likely N-dealkylation sites (tertiary alicyclic amines) is 1. The Morgan fingerprint density at radius 2 is 1.97 bits per heavy atom. The largest absolute Gasteiger partial charge is 0.467 e. The fourth-order valence-electron chi connectivity index (χ4n) is 4.97. The van der Waals surface area contributed by atoms with Crippen LogP contribution in [0.4, 0.5) is 0 Å². The van der Waals surface area contributed by atoms with E-state index in [0.717, 1.165) is 48.4 Å². The Balaban J connectivity index is 1.33. The molecule has 1 saturated heterocycles. The van der Waals surface area contributed by atoms with E-state index in [1.54, 1.807) is 11.3 Å². The number of hydrogen-bond donors (Lipinski definition) is 0. The molecule has 0 saturated carbocycles. The number of para-hydroxylation sites is 1. The molecule has 7 nitrogen and oxygen atoms in total. The number of rotatable bonds is 6. The van der Waals surface area contributed by atoms with E-state index in [1.165, 1.54) is 0 Å². The van der Waals surface area contributed by atoms with Crippen molar-refractivity contribution in [2.24, 2.45) is 5.10 Å². The zero-order valence-corrected chi connectivity index (χ0v) is 19.6. The zero-order valence-electron chi connectivity index (χ0n) is 19.6. The van der Waals surface area contributed by atoms with Crippen LogP contribution in [0.25, 0.3) is 11.0 Å². The summed E-state index contributed by atoms with van der Waals surface area (Å²) in [5.41, 5.74) is 1.59. The summed E-state index contributed by atoms with van der Waals surface area (Å²) in [4.78, 5) is 18.1. The van der Waals surface area contributed by atoms with Gasteiger partial charge in [-0.3, -0.25) is 9.69 Å². The molecule has 0 spiro atoms. The van der Waals surface area contributed by atoms with E-state index >= 15 is 0 Å². The molecular formula is C26H32N4O3. The molecule has 0 radical (unpaired) electrons. The van der Waals surface area contributed by atoms with Gasteiger partial charge >= 0.3 is 0 Å². The number of likely N-dealkylation sites (N-methyl/N-ethyl adjacent to an activating group) is 1. The van der Waals surface area contributed by atoms with E-state index < -0.39 is 0 Å². The number of hydrogen-bond acceptors (Lipinski definition) is 6. The Morgan fingerprint density at radius 3 is 2.67 bits per heavy atom. The SMILES string of the molecule is CC(C)N1CCC(N(C)CC(=O)N2N=C(c3cc4ccccc4o3)C[C@H]2c2ccco2)CC1. The predicted octanol–water partition coefficient (Wildman–Crippen LogP) is 4.51. The third-order valence-corrected chi connectivity index (χ3v) is 6.98. The normalized spacial score (nSPS) is 20.3. The number of amides is 1. The Hall–Kier alpha value is -2.90. The highest BCUT2D eigenvalue weighted by Crippen LogP contribution is 2.34. The molecule has 0 bridgehead atoms. The van der Waals surface area contributed by atoms with Crippen LogP contribution in [0.3, 0.4) is 0 Å². The summed E-state index contributed by atoms with van der Waals surface area (Å²) >= 11 is 0. The monoisotopic (exact) mass is 448 g/mol. The number of carbonyl (C=O) groups is 1. The van der Waals surface area contributed by atoms with Crippen LogP contribution in [0.15, 0.2) is 62.7 Å². The molecule has 7 heteroatoms. The predicted molar refractivity (Wildman–Crippen MR) is 128 cm³/mol. The summed E-state index contributed by atoms with van der Waals surface area (Å²) in [6.45, 7) is 6.98. The Bertz CT molecular complexity index is 1090. The van der Waals surface area contributed by atoms with Crippen LogP contribution in [0.5, 0.6) is 0 Å². The maximum Gasteiger partial charge on any atom is 0.257 e. The summed E-state index contributed by atoms with van der Waals surface area (Å²) in [7, 11) is 2.05. The maximum atomic E-state index is 13.4. The molecule has 2 aliphatic heterocycles. The molecule has 0 aliphatic carbocycles.